The smallest absolute Gasteiger partial charge is 0.328 e. The Morgan fingerprint density at radius 2 is 1.78 bits per heavy atom. The maximum absolute atomic E-state index is 11.3. The molecule has 0 bridgehead atoms. The van der Waals surface area contributed by atoms with Gasteiger partial charge in [-0.2, -0.15) is 0 Å². The zero-order chi connectivity index (χ0) is 13.1. The van der Waals surface area contributed by atoms with Crippen LogP contribution in [0.25, 0.3) is 6.08 Å². The molecule has 0 spiro atoms. The largest absolute Gasteiger partial charge is 0.462 e. The van der Waals surface area contributed by atoms with E-state index in [9.17, 15) is 14.4 Å². The first-order valence-corrected chi connectivity index (χ1v) is 5.18. The third kappa shape index (κ3) is 2.54. The minimum Gasteiger partial charge on any atom is -0.462 e. The number of allylic oxidation sites excluding steroid dienone is 2. The number of nitrogens with one attached hydrogen (secondary N) is 2. The molecular formula is C12H10N2O4. The van der Waals surface area contributed by atoms with Crippen LogP contribution < -0.4 is 10.6 Å². The van der Waals surface area contributed by atoms with Crippen LogP contribution in [-0.4, -0.2) is 17.8 Å². The van der Waals surface area contributed by atoms with Gasteiger partial charge < -0.3 is 4.42 Å². The van der Waals surface area contributed by atoms with Gasteiger partial charge in [-0.15, -0.1) is 0 Å². The van der Waals surface area contributed by atoms with Crippen LogP contribution in [0.2, 0.25) is 0 Å². The number of amides is 4. The Kier molecular flexibility index (Phi) is 3.09. The van der Waals surface area contributed by atoms with E-state index in [1.54, 1.807) is 18.2 Å². The monoisotopic (exact) mass is 246 g/mol. The van der Waals surface area contributed by atoms with Gasteiger partial charge in [-0.3, -0.25) is 20.2 Å². The molecule has 92 valence electrons. The fourth-order valence-electron chi connectivity index (χ4n) is 1.41. The van der Waals surface area contributed by atoms with E-state index in [0.717, 1.165) is 5.76 Å². The molecule has 0 aliphatic carbocycles. The first-order valence-electron chi connectivity index (χ1n) is 5.18. The van der Waals surface area contributed by atoms with Crippen molar-refractivity contribution in [3.63, 3.8) is 0 Å². The van der Waals surface area contributed by atoms with Gasteiger partial charge in [-0.25, -0.2) is 4.79 Å². The lowest BCUT2D eigenvalue weighted by Gasteiger charge is -2.12. The van der Waals surface area contributed by atoms with E-state index >= 15 is 0 Å². The van der Waals surface area contributed by atoms with Crippen molar-refractivity contribution >= 4 is 23.9 Å². The summed E-state index contributed by atoms with van der Waals surface area (Å²) in [5, 5.41) is 3.95. The van der Waals surface area contributed by atoms with Crippen molar-refractivity contribution < 1.29 is 18.8 Å². The second-order valence-electron chi connectivity index (χ2n) is 3.63. The second kappa shape index (κ2) is 4.70. The number of furan rings is 1. The van der Waals surface area contributed by atoms with Gasteiger partial charge in [0, 0.05) is 0 Å². The van der Waals surface area contributed by atoms with Crippen molar-refractivity contribution in [1.29, 1.82) is 0 Å². The lowest BCUT2D eigenvalue weighted by Crippen LogP contribution is -2.51. The zero-order valence-corrected chi connectivity index (χ0v) is 9.52. The highest BCUT2D eigenvalue weighted by Crippen LogP contribution is 2.09. The number of carbonyl (C=O) groups excluding carboxylic acids is 3. The van der Waals surface area contributed by atoms with Crippen LogP contribution in [0.1, 0.15) is 11.5 Å². The van der Waals surface area contributed by atoms with E-state index < -0.39 is 17.8 Å². The molecule has 1 aliphatic rings. The Morgan fingerprint density at radius 1 is 1.11 bits per heavy atom. The van der Waals surface area contributed by atoms with Crippen LogP contribution in [0.5, 0.6) is 0 Å². The van der Waals surface area contributed by atoms with E-state index in [2.05, 4.69) is 0 Å². The fraction of sp³-hybridized carbons (Fsp3) is 0.0833. The Morgan fingerprint density at radius 3 is 2.33 bits per heavy atom. The molecule has 0 unspecified atom stereocenters. The summed E-state index contributed by atoms with van der Waals surface area (Å²) in [4.78, 5) is 33.5. The molecule has 1 aliphatic heterocycles. The molecule has 1 saturated heterocycles. The number of barbiturate groups is 1. The molecular weight excluding hydrogens is 236 g/mol. The Labute approximate surface area is 102 Å². The van der Waals surface area contributed by atoms with E-state index in [0.29, 0.717) is 5.76 Å². The van der Waals surface area contributed by atoms with Crippen molar-refractivity contribution in [2.24, 2.45) is 0 Å². The molecule has 6 heteroatoms. The third-order valence-electron chi connectivity index (χ3n) is 2.23. The predicted molar refractivity (Wildman–Crippen MR) is 62.2 cm³/mol. The maximum Gasteiger partial charge on any atom is 0.328 e. The van der Waals surface area contributed by atoms with Crippen LogP contribution in [0.15, 0.2) is 34.3 Å². The predicted octanol–water partition coefficient (Wildman–Crippen LogP) is 0.894. The molecule has 1 fully saturated rings. The second-order valence-corrected chi connectivity index (χ2v) is 3.63. The average Bonchev–Trinajstić information content (AvgIpc) is 2.68. The summed E-state index contributed by atoms with van der Waals surface area (Å²) in [5.74, 6) is -0.0637. The molecule has 2 heterocycles. The van der Waals surface area contributed by atoms with E-state index in [4.69, 9.17) is 4.42 Å². The number of rotatable bonds is 2. The molecule has 1 aromatic rings. The summed E-state index contributed by atoms with van der Waals surface area (Å²) in [7, 11) is 0. The van der Waals surface area contributed by atoms with Crippen molar-refractivity contribution in [2.45, 2.75) is 6.92 Å². The first kappa shape index (κ1) is 11.8. The summed E-state index contributed by atoms with van der Waals surface area (Å²) in [6.45, 7) is 1.81. The highest BCUT2D eigenvalue weighted by molar-refractivity contribution is 6.29. The van der Waals surface area contributed by atoms with Crippen LogP contribution in [-0.2, 0) is 9.59 Å². The van der Waals surface area contributed by atoms with Crippen molar-refractivity contribution in [2.75, 3.05) is 0 Å². The number of hydrogen-bond acceptors (Lipinski definition) is 4. The van der Waals surface area contributed by atoms with Gasteiger partial charge in [0.2, 0.25) is 0 Å². The number of imide groups is 2. The highest BCUT2D eigenvalue weighted by atomic mass is 16.3. The highest BCUT2D eigenvalue weighted by Gasteiger charge is 2.26. The molecule has 1 aromatic heterocycles. The molecule has 6 nitrogen and oxygen atoms in total. The summed E-state index contributed by atoms with van der Waals surface area (Å²) in [6, 6.07) is 2.74. The zero-order valence-electron chi connectivity index (χ0n) is 9.52. The standard InChI is InChI=1S/C12H10N2O4/c1-7-5-6-8(18-7)3-2-4-9-10(15)13-12(17)14-11(9)16/h2-6H,1H3,(H2,13,14,15,16,17). The van der Waals surface area contributed by atoms with Gasteiger partial charge in [0.1, 0.15) is 17.1 Å². The summed E-state index contributed by atoms with van der Waals surface area (Å²) < 4.78 is 5.27. The van der Waals surface area contributed by atoms with Gasteiger partial charge in [-0.1, -0.05) is 6.08 Å². The lowest BCUT2D eigenvalue weighted by atomic mass is 10.2. The van der Waals surface area contributed by atoms with Gasteiger partial charge >= 0.3 is 6.03 Å². The van der Waals surface area contributed by atoms with Crippen LogP contribution in [0, 0.1) is 6.92 Å². The maximum atomic E-state index is 11.3. The lowest BCUT2D eigenvalue weighted by molar-refractivity contribution is -0.124. The molecule has 2 N–H and O–H groups in total. The SMILES string of the molecule is Cc1ccc(C=CC=C2C(=O)NC(=O)NC2=O)o1. The van der Waals surface area contributed by atoms with Gasteiger partial charge in [-0.05, 0) is 31.2 Å². The number of urea groups is 1. The van der Waals surface area contributed by atoms with Crippen molar-refractivity contribution in [1.82, 2.24) is 10.6 Å². The number of hydrogen-bond donors (Lipinski definition) is 2. The van der Waals surface area contributed by atoms with Crippen molar-refractivity contribution in [3.05, 3.63) is 41.4 Å². The minimum absolute atomic E-state index is 0.130. The van der Waals surface area contributed by atoms with E-state index in [-0.39, 0.29) is 5.57 Å². The summed E-state index contributed by atoms with van der Waals surface area (Å²) >= 11 is 0. The summed E-state index contributed by atoms with van der Waals surface area (Å²) in [6.07, 6.45) is 4.43. The van der Waals surface area contributed by atoms with Crippen molar-refractivity contribution in [3.8, 4) is 0 Å². The third-order valence-corrected chi connectivity index (χ3v) is 2.23. The topological polar surface area (TPSA) is 88.4 Å². The normalized spacial score (nSPS) is 15.8. The quantitative estimate of drug-likeness (QED) is 0.599. The molecule has 2 rings (SSSR count). The molecule has 0 aromatic carbocycles. The average molecular weight is 246 g/mol. The fourth-order valence-corrected chi connectivity index (χ4v) is 1.41. The van der Waals surface area contributed by atoms with Crippen LogP contribution in [0.4, 0.5) is 4.79 Å². The molecule has 0 saturated carbocycles. The Hall–Kier alpha value is -2.63. The van der Waals surface area contributed by atoms with E-state index in [1.807, 2.05) is 17.6 Å². The Bertz CT molecular complexity index is 559. The number of aryl methyl sites for hydroxylation is 1. The van der Waals surface area contributed by atoms with Gasteiger partial charge in [0.05, 0.1) is 0 Å². The Balaban J connectivity index is 2.13. The first-order chi connectivity index (χ1) is 8.56. The van der Waals surface area contributed by atoms with Crippen LogP contribution >= 0.6 is 0 Å². The van der Waals surface area contributed by atoms with Crippen LogP contribution in [0.3, 0.4) is 0 Å². The molecule has 0 radical (unpaired) electrons. The molecule has 18 heavy (non-hydrogen) atoms. The number of carbonyl (C=O) groups is 3. The summed E-state index contributed by atoms with van der Waals surface area (Å²) in [5.41, 5.74) is -0.130. The molecule has 4 amide bonds. The van der Waals surface area contributed by atoms with Gasteiger partial charge in [0.15, 0.2) is 0 Å². The van der Waals surface area contributed by atoms with Gasteiger partial charge in [0.25, 0.3) is 11.8 Å². The van der Waals surface area contributed by atoms with E-state index in [1.165, 1.54) is 12.2 Å². The molecule has 0 atom stereocenters. The minimum atomic E-state index is -0.812.